The number of aromatic nitrogens is 1. The molecule has 0 fully saturated rings. The summed E-state index contributed by atoms with van der Waals surface area (Å²) in [5.41, 5.74) is 5.57. The summed E-state index contributed by atoms with van der Waals surface area (Å²) in [7, 11) is 0. The third-order valence-corrected chi connectivity index (χ3v) is 4.01. The van der Waals surface area contributed by atoms with Gasteiger partial charge in [0, 0.05) is 17.6 Å². The highest BCUT2D eigenvalue weighted by Gasteiger charge is 2.03. The molecule has 1 atom stereocenters. The second-order valence-corrected chi connectivity index (χ2v) is 6.17. The van der Waals surface area contributed by atoms with Crippen molar-refractivity contribution >= 4 is 12.7 Å². The summed E-state index contributed by atoms with van der Waals surface area (Å²) in [5, 5.41) is 2.24. The SMILES string of the molecule is C=c1ccn(C(C)CCN)/c1=C/C=C\C.CC.CCCCCCCC. The molecular formula is C23H44N2. The van der Waals surface area contributed by atoms with Gasteiger partial charge in [-0.25, -0.2) is 0 Å². The molecule has 0 bridgehead atoms. The van der Waals surface area contributed by atoms with Crippen LogP contribution in [0.3, 0.4) is 0 Å². The fourth-order valence-electron chi connectivity index (χ4n) is 2.50. The molecular weight excluding hydrogens is 304 g/mol. The van der Waals surface area contributed by atoms with E-state index < -0.39 is 0 Å². The van der Waals surface area contributed by atoms with Gasteiger partial charge in [-0.05, 0) is 44.2 Å². The lowest BCUT2D eigenvalue weighted by Crippen LogP contribution is -2.30. The minimum atomic E-state index is 0.432. The largest absolute Gasteiger partial charge is 0.345 e. The summed E-state index contributed by atoms with van der Waals surface area (Å²) in [4.78, 5) is 0. The molecule has 0 aliphatic carbocycles. The van der Waals surface area contributed by atoms with Crippen LogP contribution in [0, 0.1) is 0 Å². The van der Waals surface area contributed by atoms with Gasteiger partial charge in [0.25, 0.3) is 0 Å². The maximum Gasteiger partial charge on any atom is 0.0476 e. The first kappa shape index (κ1) is 26.0. The minimum Gasteiger partial charge on any atom is -0.345 e. The van der Waals surface area contributed by atoms with E-state index in [-0.39, 0.29) is 0 Å². The smallest absolute Gasteiger partial charge is 0.0476 e. The topological polar surface area (TPSA) is 30.9 Å². The predicted octanol–water partition coefficient (Wildman–Crippen LogP) is 5.56. The van der Waals surface area contributed by atoms with Gasteiger partial charge in [0.1, 0.15) is 0 Å². The Hall–Kier alpha value is -1.28. The minimum absolute atomic E-state index is 0.432. The molecule has 0 saturated carbocycles. The molecule has 0 radical (unpaired) electrons. The van der Waals surface area contributed by atoms with Gasteiger partial charge in [-0.15, -0.1) is 0 Å². The van der Waals surface area contributed by atoms with E-state index in [2.05, 4.69) is 44.2 Å². The lowest BCUT2D eigenvalue weighted by atomic mass is 10.1. The van der Waals surface area contributed by atoms with Gasteiger partial charge >= 0.3 is 0 Å². The first-order valence-corrected chi connectivity index (χ1v) is 10.3. The Morgan fingerprint density at radius 2 is 1.68 bits per heavy atom. The zero-order chi connectivity index (χ0) is 19.5. The molecule has 0 spiro atoms. The third kappa shape index (κ3) is 12.7. The van der Waals surface area contributed by atoms with Crippen molar-refractivity contribution in [1.29, 1.82) is 0 Å². The van der Waals surface area contributed by atoms with Crippen molar-refractivity contribution < 1.29 is 0 Å². The molecule has 2 heteroatoms. The van der Waals surface area contributed by atoms with Crippen LogP contribution in [0.25, 0.3) is 12.7 Å². The van der Waals surface area contributed by atoms with E-state index in [9.17, 15) is 0 Å². The molecule has 25 heavy (non-hydrogen) atoms. The van der Waals surface area contributed by atoms with Crippen LogP contribution in [-0.4, -0.2) is 11.1 Å². The Kier molecular flexibility index (Phi) is 19.8. The highest BCUT2D eigenvalue weighted by atomic mass is 15.0. The Balaban J connectivity index is 0. The van der Waals surface area contributed by atoms with Crippen LogP contribution < -0.4 is 16.3 Å². The summed E-state index contributed by atoms with van der Waals surface area (Å²) in [6.07, 6.45) is 17.7. The molecule has 1 aromatic rings. The van der Waals surface area contributed by atoms with Crippen molar-refractivity contribution in [1.82, 2.24) is 4.57 Å². The van der Waals surface area contributed by atoms with Crippen molar-refractivity contribution in [2.24, 2.45) is 5.73 Å². The standard InChI is InChI=1S/C13H20N2.C8H18.C2H6/c1-4-5-6-13-11(2)8-10-15(13)12(3)7-9-14;1-3-5-7-8-6-4-2;1-2/h4-6,8,10,12H,2,7,9,14H2,1,3H3;3-8H2,1-2H3;1-2H3/b5-4-,13-6+;;. The van der Waals surface area contributed by atoms with Crippen LogP contribution in [0.15, 0.2) is 24.4 Å². The van der Waals surface area contributed by atoms with Crippen LogP contribution in [0.2, 0.25) is 0 Å². The number of rotatable bonds is 9. The lowest BCUT2D eigenvalue weighted by Gasteiger charge is -2.12. The predicted molar refractivity (Wildman–Crippen MR) is 117 cm³/mol. The van der Waals surface area contributed by atoms with Crippen LogP contribution in [0.4, 0.5) is 0 Å². The quantitative estimate of drug-likeness (QED) is 0.582. The summed E-state index contributed by atoms with van der Waals surface area (Å²) in [6, 6.07) is 2.48. The van der Waals surface area contributed by atoms with E-state index >= 15 is 0 Å². The van der Waals surface area contributed by atoms with E-state index in [0.717, 1.165) is 18.2 Å². The monoisotopic (exact) mass is 348 g/mol. The molecule has 0 saturated heterocycles. The maximum absolute atomic E-state index is 5.57. The summed E-state index contributed by atoms with van der Waals surface area (Å²) >= 11 is 0. The second-order valence-electron chi connectivity index (χ2n) is 6.17. The molecule has 1 unspecified atom stereocenters. The van der Waals surface area contributed by atoms with Crippen molar-refractivity contribution in [2.75, 3.05) is 6.54 Å². The number of nitrogens with zero attached hydrogens (tertiary/aromatic N) is 1. The number of hydrogen-bond donors (Lipinski definition) is 1. The van der Waals surface area contributed by atoms with Gasteiger partial charge in [0.05, 0.1) is 0 Å². The molecule has 0 aromatic carbocycles. The fourth-order valence-corrected chi connectivity index (χ4v) is 2.50. The number of nitrogens with two attached hydrogens (primary N) is 1. The van der Waals surface area contributed by atoms with E-state index in [1.54, 1.807) is 0 Å². The highest BCUT2D eigenvalue weighted by Crippen LogP contribution is 2.04. The summed E-state index contributed by atoms with van der Waals surface area (Å²) in [5.74, 6) is 0. The maximum atomic E-state index is 5.57. The van der Waals surface area contributed by atoms with E-state index in [0.29, 0.717) is 6.04 Å². The van der Waals surface area contributed by atoms with Gasteiger partial charge in [-0.2, -0.15) is 0 Å². The van der Waals surface area contributed by atoms with Gasteiger partial charge in [-0.1, -0.05) is 85.0 Å². The zero-order valence-corrected chi connectivity index (χ0v) is 17.9. The zero-order valence-electron chi connectivity index (χ0n) is 17.9. The molecule has 146 valence electrons. The summed E-state index contributed by atoms with van der Waals surface area (Å²) < 4.78 is 2.23. The summed E-state index contributed by atoms with van der Waals surface area (Å²) in [6.45, 7) is 17.4. The number of unbranched alkanes of at least 4 members (excludes halogenated alkanes) is 5. The molecule has 0 aliphatic heterocycles. The van der Waals surface area contributed by atoms with E-state index in [1.165, 1.54) is 43.9 Å². The van der Waals surface area contributed by atoms with Crippen LogP contribution in [-0.2, 0) is 0 Å². The van der Waals surface area contributed by atoms with Crippen LogP contribution in [0.5, 0.6) is 0 Å². The Morgan fingerprint density at radius 1 is 1.12 bits per heavy atom. The van der Waals surface area contributed by atoms with E-state index in [4.69, 9.17) is 5.73 Å². The average Bonchev–Trinajstić information content (AvgIpc) is 3.00. The second kappa shape index (κ2) is 19.1. The first-order chi connectivity index (χ1) is 12.1. The molecule has 1 aromatic heterocycles. The molecule has 0 aliphatic rings. The lowest BCUT2D eigenvalue weighted by molar-refractivity contribution is 0.505. The molecule has 1 heterocycles. The molecule has 1 rings (SSSR count). The van der Waals surface area contributed by atoms with Crippen LogP contribution >= 0.6 is 0 Å². The highest BCUT2D eigenvalue weighted by molar-refractivity contribution is 5.35. The third-order valence-electron chi connectivity index (χ3n) is 4.01. The van der Waals surface area contributed by atoms with Gasteiger partial charge in [-0.3, -0.25) is 0 Å². The number of hydrogen-bond acceptors (Lipinski definition) is 1. The first-order valence-electron chi connectivity index (χ1n) is 10.3. The average molecular weight is 349 g/mol. The Morgan fingerprint density at radius 3 is 2.12 bits per heavy atom. The van der Waals surface area contributed by atoms with Crippen LogP contribution in [0.1, 0.15) is 92.5 Å². The normalized spacial score (nSPS) is 12.4. The van der Waals surface area contributed by atoms with Crippen molar-refractivity contribution in [3.05, 3.63) is 35.0 Å². The van der Waals surface area contributed by atoms with Crippen molar-refractivity contribution in [3.8, 4) is 0 Å². The number of allylic oxidation sites excluding steroid dienone is 2. The molecule has 2 nitrogen and oxygen atoms in total. The van der Waals surface area contributed by atoms with Gasteiger partial charge in [0.15, 0.2) is 0 Å². The van der Waals surface area contributed by atoms with Gasteiger partial charge < -0.3 is 10.3 Å². The van der Waals surface area contributed by atoms with Crippen molar-refractivity contribution in [2.45, 2.75) is 92.5 Å². The Bertz CT molecular complexity index is 505. The molecule has 2 N–H and O–H groups in total. The van der Waals surface area contributed by atoms with Crippen molar-refractivity contribution in [3.63, 3.8) is 0 Å². The Labute approximate surface area is 157 Å². The fraction of sp³-hybridized carbons (Fsp3) is 0.652. The van der Waals surface area contributed by atoms with Gasteiger partial charge in [0.2, 0.25) is 0 Å². The molecule has 0 amide bonds. The van der Waals surface area contributed by atoms with E-state index in [1.807, 2.05) is 39.0 Å².